The van der Waals surface area contributed by atoms with Gasteiger partial charge in [0, 0.05) is 6.20 Å². The molecule has 1 amide bonds. The summed E-state index contributed by atoms with van der Waals surface area (Å²) in [6, 6.07) is 5.26. The molecule has 0 bridgehead atoms. The van der Waals surface area contributed by atoms with Crippen LogP contribution in [-0.4, -0.2) is 46.3 Å². The maximum Gasteiger partial charge on any atom is 0.266 e. The summed E-state index contributed by atoms with van der Waals surface area (Å²) in [4.78, 5) is 17.2. The first-order valence-electron chi connectivity index (χ1n) is 10.0. The van der Waals surface area contributed by atoms with E-state index in [1.165, 1.54) is 6.08 Å². The van der Waals surface area contributed by atoms with E-state index in [-0.39, 0.29) is 15.2 Å². The highest BCUT2D eigenvalue weighted by Crippen LogP contribution is 2.58. The number of aromatic nitrogens is 3. The first kappa shape index (κ1) is 23.3. The largest absolute Gasteiger partial charge is 0.268 e. The molecule has 0 atom stereocenters. The van der Waals surface area contributed by atoms with E-state index in [0.29, 0.717) is 17.9 Å². The summed E-state index contributed by atoms with van der Waals surface area (Å²) in [6.07, 6.45) is 12.7. The fraction of sp³-hybridized carbons (Fsp3) is 0.409. The lowest BCUT2D eigenvalue weighted by Crippen LogP contribution is -2.32. The van der Waals surface area contributed by atoms with Gasteiger partial charge in [0.25, 0.3) is 15.9 Å². The number of pyridine rings is 1. The summed E-state index contributed by atoms with van der Waals surface area (Å²) >= 11 is 0. The SMILES string of the molecule is Cc1nc(-n2ccc(S(C)(C)C(C)(C)C)n2)ccc1C(=O)NS(=O)(=O)C1=CCCC=C1. The van der Waals surface area contributed by atoms with Crippen LogP contribution in [0.4, 0.5) is 0 Å². The number of rotatable bonds is 5. The number of carbonyl (C=O) groups excluding carboxylic acids is 1. The molecule has 1 aliphatic rings. The van der Waals surface area contributed by atoms with Crippen molar-refractivity contribution < 1.29 is 13.2 Å². The lowest BCUT2D eigenvalue weighted by atomic mass is 10.2. The summed E-state index contributed by atoms with van der Waals surface area (Å²) in [6.45, 7) is 8.32. The van der Waals surface area contributed by atoms with E-state index in [0.717, 1.165) is 11.4 Å². The second-order valence-electron chi connectivity index (χ2n) is 8.86. The molecule has 31 heavy (non-hydrogen) atoms. The van der Waals surface area contributed by atoms with E-state index < -0.39 is 26.0 Å². The van der Waals surface area contributed by atoms with Crippen LogP contribution in [0, 0.1) is 6.92 Å². The normalized spacial score (nSPS) is 15.5. The maximum absolute atomic E-state index is 12.6. The van der Waals surface area contributed by atoms with Crippen molar-refractivity contribution >= 4 is 26.0 Å². The third-order valence-electron chi connectivity index (χ3n) is 5.67. The van der Waals surface area contributed by atoms with Crippen LogP contribution >= 0.6 is 10.0 Å². The van der Waals surface area contributed by atoms with Crippen LogP contribution in [0.2, 0.25) is 0 Å². The van der Waals surface area contributed by atoms with Gasteiger partial charge in [0.2, 0.25) is 0 Å². The summed E-state index contributed by atoms with van der Waals surface area (Å²) in [7, 11) is -5.03. The molecule has 1 N–H and O–H groups in total. The first-order valence-corrected chi connectivity index (χ1v) is 14.0. The molecule has 7 nitrogen and oxygen atoms in total. The molecule has 2 heterocycles. The smallest absolute Gasteiger partial charge is 0.266 e. The number of allylic oxidation sites excluding steroid dienone is 3. The van der Waals surface area contributed by atoms with Gasteiger partial charge in [-0.3, -0.25) is 4.79 Å². The van der Waals surface area contributed by atoms with Crippen LogP contribution in [0.3, 0.4) is 0 Å². The number of hydrogen-bond acceptors (Lipinski definition) is 5. The van der Waals surface area contributed by atoms with Crippen molar-refractivity contribution in [3.8, 4) is 5.82 Å². The molecular formula is C22H30N4O3S2. The molecule has 0 aliphatic heterocycles. The van der Waals surface area contributed by atoms with Crippen LogP contribution in [-0.2, 0) is 10.0 Å². The van der Waals surface area contributed by atoms with Crippen molar-refractivity contribution in [3.63, 3.8) is 0 Å². The average Bonchev–Trinajstić information content (AvgIpc) is 3.18. The Kier molecular flexibility index (Phi) is 6.21. The summed E-state index contributed by atoms with van der Waals surface area (Å²) in [5.41, 5.74) is 0.638. The van der Waals surface area contributed by atoms with Gasteiger partial charge in [0.15, 0.2) is 5.82 Å². The molecule has 3 rings (SSSR count). The van der Waals surface area contributed by atoms with E-state index in [1.807, 2.05) is 12.3 Å². The molecule has 2 aromatic rings. The van der Waals surface area contributed by atoms with E-state index >= 15 is 0 Å². The van der Waals surface area contributed by atoms with E-state index in [2.05, 4.69) is 43.0 Å². The van der Waals surface area contributed by atoms with Crippen LogP contribution in [0.15, 0.2) is 52.6 Å². The van der Waals surface area contributed by atoms with Gasteiger partial charge in [0.1, 0.15) is 5.03 Å². The van der Waals surface area contributed by atoms with Gasteiger partial charge in [-0.15, -0.1) is 0 Å². The van der Waals surface area contributed by atoms with Crippen LogP contribution in [0.1, 0.15) is 49.7 Å². The van der Waals surface area contributed by atoms with Crippen LogP contribution < -0.4 is 4.72 Å². The highest BCUT2D eigenvalue weighted by Gasteiger charge is 2.31. The Morgan fingerprint density at radius 1 is 1.13 bits per heavy atom. The summed E-state index contributed by atoms with van der Waals surface area (Å²) in [5.74, 6) is -0.124. The van der Waals surface area contributed by atoms with Crippen molar-refractivity contribution in [1.29, 1.82) is 0 Å². The first-order chi connectivity index (χ1) is 14.3. The summed E-state index contributed by atoms with van der Waals surface area (Å²) < 4.78 is 28.9. The Bertz CT molecular complexity index is 1170. The topological polar surface area (TPSA) is 93.9 Å². The van der Waals surface area contributed by atoms with Gasteiger partial charge in [-0.25, -0.2) is 22.8 Å². The molecule has 9 heteroatoms. The molecule has 1 aliphatic carbocycles. The molecule has 0 fully saturated rings. The Morgan fingerprint density at radius 3 is 2.42 bits per heavy atom. The zero-order valence-electron chi connectivity index (χ0n) is 18.8. The fourth-order valence-corrected chi connectivity index (χ4v) is 5.37. The maximum atomic E-state index is 12.6. The van der Waals surface area contributed by atoms with Gasteiger partial charge in [-0.1, -0.05) is 32.9 Å². The fourth-order valence-electron chi connectivity index (χ4n) is 2.96. The van der Waals surface area contributed by atoms with Gasteiger partial charge in [-0.2, -0.15) is 15.1 Å². The number of nitrogens with zero attached hydrogens (tertiary/aromatic N) is 3. The van der Waals surface area contributed by atoms with Gasteiger partial charge in [0.05, 0.1) is 16.2 Å². The minimum Gasteiger partial charge on any atom is -0.268 e. The zero-order chi connectivity index (χ0) is 23.0. The van der Waals surface area contributed by atoms with Gasteiger partial charge >= 0.3 is 0 Å². The lowest BCUT2D eigenvalue weighted by Gasteiger charge is -2.42. The van der Waals surface area contributed by atoms with E-state index in [1.54, 1.807) is 35.9 Å². The number of nitrogens with one attached hydrogen (secondary N) is 1. The molecule has 0 saturated heterocycles. The summed E-state index contributed by atoms with van der Waals surface area (Å²) in [5, 5.41) is 5.76. The Balaban J connectivity index is 1.83. The Morgan fingerprint density at radius 2 is 1.84 bits per heavy atom. The predicted molar refractivity (Wildman–Crippen MR) is 126 cm³/mol. The van der Waals surface area contributed by atoms with Crippen LogP contribution in [0.25, 0.3) is 5.82 Å². The minimum atomic E-state index is -3.90. The van der Waals surface area contributed by atoms with Crippen LogP contribution in [0.5, 0.6) is 0 Å². The average molecular weight is 463 g/mol. The quantitative estimate of drug-likeness (QED) is 0.722. The van der Waals surface area contributed by atoms with Crippen molar-refractivity contribution in [2.75, 3.05) is 12.5 Å². The monoisotopic (exact) mass is 462 g/mol. The van der Waals surface area contributed by atoms with E-state index in [9.17, 15) is 13.2 Å². The second kappa shape index (κ2) is 8.27. The molecule has 0 radical (unpaired) electrons. The highest BCUT2D eigenvalue weighted by molar-refractivity contribution is 8.33. The molecular weight excluding hydrogens is 432 g/mol. The van der Waals surface area contributed by atoms with Gasteiger partial charge < -0.3 is 0 Å². The Hall–Kier alpha value is -2.39. The molecule has 0 saturated carbocycles. The predicted octanol–water partition coefficient (Wildman–Crippen LogP) is 4.09. The zero-order valence-corrected chi connectivity index (χ0v) is 20.5. The molecule has 2 aromatic heterocycles. The molecule has 0 aromatic carbocycles. The number of aryl methyl sites for hydroxylation is 1. The third-order valence-corrected chi connectivity index (χ3v) is 11.4. The molecule has 0 unspecified atom stereocenters. The van der Waals surface area contributed by atoms with Crippen molar-refractivity contribution in [2.45, 2.75) is 50.3 Å². The van der Waals surface area contributed by atoms with Crippen molar-refractivity contribution in [3.05, 3.63) is 58.8 Å². The lowest BCUT2D eigenvalue weighted by molar-refractivity contribution is 0.0980. The van der Waals surface area contributed by atoms with E-state index in [4.69, 9.17) is 5.10 Å². The van der Waals surface area contributed by atoms with Crippen molar-refractivity contribution in [2.24, 2.45) is 0 Å². The van der Waals surface area contributed by atoms with Crippen molar-refractivity contribution in [1.82, 2.24) is 19.5 Å². The standard InChI is InChI=1S/C22H30N4O3S2/c1-16-18(21(27)25-31(28,29)17-10-8-7-9-11-17)12-13-19(23-16)26-15-14-20(24-26)30(5,6)22(2,3)4/h8,10-15H,7,9H2,1-6H3,(H,25,27). The minimum absolute atomic E-state index is 0.103. The van der Waals surface area contributed by atoms with Gasteiger partial charge in [-0.05, 0) is 61.3 Å². The highest BCUT2D eigenvalue weighted by atomic mass is 32.3. The number of carbonyl (C=O) groups is 1. The number of sulfonamides is 1. The number of amides is 1. The Labute approximate surface area is 186 Å². The second-order valence-corrected chi connectivity index (χ2v) is 14.8. The number of hydrogen-bond donors (Lipinski definition) is 1. The molecule has 168 valence electrons. The molecule has 0 spiro atoms. The third kappa shape index (κ3) is 4.77.